The molecule has 2 amide bonds. The van der Waals surface area contributed by atoms with Crippen molar-refractivity contribution < 1.29 is 19.6 Å². The Kier molecular flexibility index (Phi) is 7.27. The summed E-state index contributed by atoms with van der Waals surface area (Å²) in [6.07, 6.45) is -0.790. The molecule has 0 radical (unpaired) electrons. The Morgan fingerprint density at radius 1 is 1.32 bits per heavy atom. The van der Waals surface area contributed by atoms with Crippen molar-refractivity contribution in [2.24, 2.45) is 5.92 Å². The number of anilines is 1. The van der Waals surface area contributed by atoms with Crippen LogP contribution in [-0.4, -0.2) is 41.9 Å². The Morgan fingerprint density at radius 3 is 2.50 bits per heavy atom. The van der Waals surface area contributed by atoms with Gasteiger partial charge in [-0.2, -0.15) is 0 Å². The molecule has 1 aromatic carbocycles. The number of hydrogen-bond donors (Lipinski definition) is 3. The fraction of sp³-hybridized carbons (Fsp3) is 0.500. The number of urea groups is 1. The summed E-state index contributed by atoms with van der Waals surface area (Å²) >= 11 is 0. The maximum absolute atomic E-state index is 11.6. The molecule has 0 aliphatic carbocycles. The molecular formula is C14H21N3O5. The molecule has 0 saturated carbocycles. The molecule has 122 valence electrons. The fourth-order valence-electron chi connectivity index (χ4n) is 1.55. The standard InChI is InChI=1S/C14H21N3O5/c1-10(2)8-22-9-13(18)7-15-14(19)16-11-3-5-12(6-4-11)17(20)21/h3-6,10,13,18H,7-9H2,1-2H3,(H2,15,16,19). The number of carbonyl (C=O) groups is 1. The largest absolute Gasteiger partial charge is 0.389 e. The van der Waals surface area contributed by atoms with E-state index in [2.05, 4.69) is 10.6 Å². The summed E-state index contributed by atoms with van der Waals surface area (Å²) in [6.45, 7) is 4.75. The predicted octanol–water partition coefficient (Wildman–Crippen LogP) is 1.75. The average molecular weight is 311 g/mol. The van der Waals surface area contributed by atoms with Crippen LogP contribution < -0.4 is 10.6 Å². The Hall–Kier alpha value is -2.19. The fourth-order valence-corrected chi connectivity index (χ4v) is 1.55. The highest BCUT2D eigenvalue weighted by atomic mass is 16.6. The zero-order valence-electron chi connectivity index (χ0n) is 12.6. The summed E-state index contributed by atoms with van der Waals surface area (Å²) in [6, 6.07) is 4.95. The number of ether oxygens (including phenoxy) is 1. The number of rotatable bonds is 8. The number of nitro benzene ring substituents is 1. The van der Waals surface area contributed by atoms with Crippen molar-refractivity contribution in [3.63, 3.8) is 0 Å². The van der Waals surface area contributed by atoms with E-state index in [9.17, 15) is 20.0 Å². The number of benzene rings is 1. The molecule has 8 nitrogen and oxygen atoms in total. The molecule has 0 aliphatic rings. The lowest BCUT2D eigenvalue weighted by Crippen LogP contribution is -2.37. The maximum Gasteiger partial charge on any atom is 0.319 e. The number of aliphatic hydroxyl groups excluding tert-OH is 1. The van der Waals surface area contributed by atoms with Gasteiger partial charge in [0.1, 0.15) is 0 Å². The smallest absolute Gasteiger partial charge is 0.319 e. The predicted molar refractivity (Wildman–Crippen MR) is 81.8 cm³/mol. The van der Waals surface area contributed by atoms with E-state index in [0.29, 0.717) is 18.2 Å². The van der Waals surface area contributed by atoms with Gasteiger partial charge in [0.25, 0.3) is 5.69 Å². The number of nitro groups is 1. The Labute approximate surface area is 128 Å². The molecule has 0 heterocycles. The monoisotopic (exact) mass is 311 g/mol. The second-order valence-corrected chi connectivity index (χ2v) is 5.22. The van der Waals surface area contributed by atoms with Crippen molar-refractivity contribution in [1.29, 1.82) is 0 Å². The van der Waals surface area contributed by atoms with Gasteiger partial charge in [-0.15, -0.1) is 0 Å². The molecule has 1 rings (SSSR count). The highest BCUT2D eigenvalue weighted by Gasteiger charge is 2.09. The van der Waals surface area contributed by atoms with Gasteiger partial charge in [-0.05, 0) is 18.1 Å². The first-order valence-electron chi connectivity index (χ1n) is 6.93. The SMILES string of the molecule is CC(C)COCC(O)CNC(=O)Nc1ccc([N+](=O)[O-])cc1. The number of carbonyl (C=O) groups excluding carboxylic acids is 1. The maximum atomic E-state index is 11.6. The van der Waals surface area contributed by atoms with E-state index in [1.807, 2.05) is 13.8 Å². The number of hydrogen-bond acceptors (Lipinski definition) is 5. The van der Waals surface area contributed by atoms with Crippen molar-refractivity contribution in [2.75, 3.05) is 25.1 Å². The number of aliphatic hydroxyl groups is 1. The van der Waals surface area contributed by atoms with E-state index in [-0.39, 0.29) is 18.8 Å². The van der Waals surface area contributed by atoms with Crippen LogP contribution in [0, 0.1) is 16.0 Å². The summed E-state index contributed by atoms with van der Waals surface area (Å²) in [5.41, 5.74) is 0.373. The highest BCUT2D eigenvalue weighted by molar-refractivity contribution is 5.89. The molecular weight excluding hydrogens is 290 g/mol. The van der Waals surface area contributed by atoms with E-state index in [0.717, 1.165) is 0 Å². The minimum Gasteiger partial charge on any atom is -0.389 e. The second kappa shape index (κ2) is 8.96. The zero-order valence-corrected chi connectivity index (χ0v) is 12.6. The average Bonchev–Trinajstić information content (AvgIpc) is 2.45. The first-order chi connectivity index (χ1) is 10.4. The first-order valence-corrected chi connectivity index (χ1v) is 6.93. The molecule has 0 bridgehead atoms. The van der Waals surface area contributed by atoms with Gasteiger partial charge in [-0.25, -0.2) is 4.79 Å². The summed E-state index contributed by atoms with van der Waals surface area (Å²) in [4.78, 5) is 21.6. The van der Waals surface area contributed by atoms with Gasteiger partial charge in [0.2, 0.25) is 0 Å². The van der Waals surface area contributed by atoms with Gasteiger partial charge >= 0.3 is 6.03 Å². The summed E-state index contributed by atoms with van der Waals surface area (Å²) in [5.74, 6) is 0.380. The first kappa shape index (κ1) is 17.9. The molecule has 1 aromatic rings. The van der Waals surface area contributed by atoms with Crippen LogP contribution in [-0.2, 0) is 4.74 Å². The molecule has 0 saturated heterocycles. The third kappa shape index (κ3) is 7.00. The molecule has 1 atom stereocenters. The lowest BCUT2D eigenvalue weighted by Gasteiger charge is -2.14. The zero-order chi connectivity index (χ0) is 16.5. The van der Waals surface area contributed by atoms with Crippen LogP contribution in [0.4, 0.5) is 16.2 Å². The van der Waals surface area contributed by atoms with Crippen LogP contribution in [0.15, 0.2) is 24.3 Å². The quantitative estimate of drug-likeness (QED) is 0.500. The number of nitrogens with zero attached hydrogens (tertiary/aromatic N) is 1. The Bertz CT molecular complexity index is 490. The van der Waals surface area contributed by atoms with E-state index in [1.165, 1.54) is 24.3 Å². The van der Waals surface area contributed by atoms with Crippen molar-refractivity contribution >= 4 is 17.4 Å². The minimum absolute atomic E-state index is 0.0521. The molecule has 0 aliphatic heterocycles. The van der Waals surface area contributed by atoms with Gasteiger partial charge < -0.3 is 20.5 Å². The molecule has 8 heteroatoms. The Morgan fingerprint density at radius 2 is 1.95 bits per heavy atom. The van der Waals surface area contributed by atoms with Crippen LogP contribution in [0.25, 0.3) is 0 Å². The second-order valence-electron chi connectivity index (χ2n) is 5.22. The lowest BCUT2D eigenvalue weighted by molar-refractivity contribution is -0.384. The highest BCUT2D eigenvalue weighted by Crippen LogP contribution is 2.15. The van der Waals surface area contributed by atoms with Crippen LogP contribution >= 0.6 is 0 Å². The summed E-state index contributed by atoms with van der Waals surface area (Å²) in [7, 11) is 0. The molecule has 22 heavy (non-hydrogen) atoms. The molecule has 0 aromatic heterocycles. The minimum atomic E-state index is -0.790. The van der Waals surface area contributed by atoms with E-state index in [4.69, 9.17) is 4.74 Å². The van der Waals surface area contributed by atoms with Gasteiger partial charge in [0, 0.05) is 31.0 Å². The van der Waals surface area contributed by atoms with Crippen molar-refractivity contribution in [3.05, 3.63) is 34.4 Å². The van der Waals surface area contributed by atoms with Crippen LogP contribution in [0.2, 0.25) is 0 Å². The van der Waals surface area contributed by atoms with Crippen molar-refractivity contribution in [1.82, 2.24) is 5.32 Å². The van der Waals surface area contributed by atoms with E-state index in [1.54, 1.807) is 0 Å². The van der Waals surface area contributed by atoms with Gasteiger partial charge in [-0.3, -0.25) is 10.1 Å². The number of amides is 2. The number of non-ortho nitro benzene ring substituents is 1. The third-order valence-electron chi connectivity index (χ3n) is 2.60. The normalized spacial score (nSPS) is 12.0. The van der Waals surface area contributed by atoms with Gasteiger partial charge in [-0.1, -0.05) is 13.8 Å². The summed E-state index contributed by atoms with van der Waals surface area (Å²) in [5, 5.41) is 25.1. The van der Waals surface area contributed by atoms with Crippen molar-refractivity contribution in [3.8, 4) is 0 Å². The lowest BCUT2D eigenvalue weighted by atomic mass is 10.2. The van der Waals surface area contributed by atoms with Gasteiger partial charge in [0.05, 0.1) is 17.6 Å². The third-order valence-corrected chi connectivity index (χ3v) is 2.60. The van der Waals surface area contributed by atoms with E-state index < -0.39 is 17.1 Å². The number of nitrogens with one attached hydrogen (secondary N) is 2. The molecule has 1 unspecified atom stereocenters. The van der Waals surface area contributed by atoms with Crippen LogP contribution in [0.1, 0.15) is 13.8 Å². The Balaban J connectivity index is 2.29. The van der Waals surface area contributed by atoms with E-state index >= 15 is 0 Å². The molecule has 3 N–H and O–H groups in total. The van der Waals surface area contributed by atoms with Crippen LogP contribution in [0.5, 0.6) is 0 Å². The molecule has 0 spiro atoms. The van der Waals surface area contributed by atoms with Crippen LogP contribution in [0.3, 0.4) is 0 Å². The molecule has 0 fully saturated rings. The van der Waals surface area contributed by atoms with Crippen molar-refractivity contribution in [2.45, 2.75) is 20.0 Å². The summed E-state index contributed by atoms with van der Waals surface area (Å²) < 4.78 is 5.26. The van der Waals surface area contributed by atoms with Gasteiger partial charge in [0.15, 0.2) is 0 Å². The topological polar surface area (TPSA) is 114 Å².